The molecule has 0 aromatic carbocycles. The van der Waals surface area contributed by atoms with Gasteiger partial charge < -0.3 is 9.64 Å². The zero-order valence-corrected chi connectivity index (χ0v) is 19.6. The Hall–Kier alpha value is -2.03. The Balaban J connectivity index is 1.80. The summed E-state index contributed by atoms with van der Waals surface area (Å²) in [5.41, 5.74) is 0.768. The van der Waals surface area contributed by atoms with Crippen molar-refractivity contribution in [3.8, 4) is 0 Å². The molecule has 2 aromatic heterocycles. The van der Waals surface area contributed by atoms with Crippen LogP contribution in [0.15, 0.2) is 40.1 Å². The number of rotatable bonds is 8. The number of thiophene rings is 2. The highest BCUT2D eigenvalue weighted by atomic mass is 32.1. The van der Waals surface area contributed by atoms with Gasteiger partial charge in [0.1, 0.15) is 6.54 Å². The summed E-state index contributed by atoms with van der Waals surface area (Å²) in [6.45, 7) is 6.84. The first kappa shape index (κ1) is 22.7. The van der Waals surface area contributed by atoms with Crippen LogP contribution >= 0.6 is 22.7 Å². The molecule has 2 amide bonds. The first-order chi connectivity index (χ1) is 14.3. The summed E-state index contributed by atoms with van der Waals surface area (Å²) >= 11 is 3.25. The summed E-state index contributed by atoms with van der Waals surface area (Å²) in [7, 11) is 1.60. The van der Waals surface area contributed by atoms with Crippen LogP contribution in [-0.2, 0) is 14.3 Å². The molecule has 3 heterocycles. The third-order valence-electron chi connectivity index (χ3n) is 4.77. The largest absolute Gasteiger partial charge is 0.383 e. The molecular formula is C22H29N3O3S2. The molecule has 1 aliphatic heterocycles. The number of hydrazone groups is 1. The molecule has 2 aromatic rings. The lowest BCUT2D eigenvalue weighted by Gasteiger charge is -2.28. The summed E-state index contributed by atoms with van der Waals surface area (Å²) in [5, 5.41) is 10.3. The van der Waals surface area contributed by atoms with Crippen LogP contribution in [-0.4, -0.2) is 54.2 Å². The number of carbonyl (C=O) groups excluding carboxylic acids is 2. The minimum absolute atomic E-state index is 0.00136. The first-order valence-electron chi connectivity index (χ1n) is 10.0. The van der Waals surface area contributed by atoms with Crippen molar-refractivity contribution >= 4 is 40.2 Å². The molecule has 0 radical (unpaired) electrons. The standard InChI is InChI=1S/C22H29N3O3S2/c1-22(2,3)14-20(26)24(9-10-28-4)15-21(27)25-17(19-8-6-12-30-19)13-16(23-25)18-7-5-11-29-18/h5-8,11-12,17H,9-10,13-15H2,1-4H3/t17-/m1/s1. The molecule has 0 spiro atoms. The topological polar surface area (TPSA) is 62.2 Å². The quantitative estimate of drug-likeness (QED) is 0.603. The first-order valence-corrected chi connectivity index (χ1v) is 11.8. The van der Waals surface area contributed by atoms with Crippen LogP contribution in [0.25, 0.3) is 0 Å². The Morgan fingerprint density at radius 2 is 1.97 bits per heavy atom. The zero-order chi connectivity index (χ0) is 21.7. The van der Waals surface area contributed by atoms with Crippen molar-refractivity contribution < 1.29 is 14.3 Å². The molecular weight excluding hydrogens is 418 g/mol. The average molecular weight is 448 g/mol. The summed E-state index contributed by atoms with van der Waals surface area (Å²) < 4.78 is 5.16. The van der Waals surface area contributed by atoms with Crippen molar-refractivity contribution in [1.29, 1.82) is 0 Å². The van der Waals surface area contributed by atoms with Crippen molar-refractivity contribution in [2.45, 2.75) is 39.7 Å². The molecule has 3 rings (SSSR count). The van der Waals surface area contributed by atoms with Crippen LogP contribution in [0, 0.1) is 5.41 Å². The van der Waals surface area contributed by atoms with Crippen molar-refractivity contribution in [2.24, 2.45) is 10.5 Å². The van der Waals surface area contributed by atoms with Gasteiger partial charge in [-0.25, -0.2) is 5.01 Å². The molecule has 0 aliphatic carbocycles. The van der Waals surface area contributed by atoms with Crippen LogP contribution in [0.2, 0.25) is 0 Å². The number of hydrogen-bond acceptors (Lipinski definition) is 6. The van der Waals surface area contributed by atoms with Gasteiger partial charge in [0.15, 0.2) is 0 Å². The lowest BCUT2D eigenvalue weighted by Crippen LogP contribution is -2.43. The smallest absolute Gasteiger partial charge is 0.262 e. The van der Waals surface area contributed by atoms with Gasteiger partial charge in [-0.1, -0.05) is 32.9 Å². The lowest BCUT2D eigenvalue weighted by atomic mass is 9.91. The number of amides is 2. The normalized spacial score (nSPS) is 16.6. The number of nitrogens with zero attached hydrogens (tertiary/aromatic N) is 3. The maximum atomic E-state index is 13.3. The molecule has 30 heavy (non-hydrogen) atoms. The minimum Gasteiger partial charge on any atom is -0.383 e. The summed E-state index contributed by atoms with van der Waals surface area (Å²) in [6.07, 6.45) is 1.06. The van der Waals surface area contributed by atoms with Crippen LogP contribution in [0.5, 0.6) is 0 Å². The monoisotopic (exact) mass is 447 g/mol. The van der Waals surface area contributed by atoms with E-state index in [-0.39, 0.29) is 29.8 Å². The second kappa shape index (κ2) is 9.85. The second-order valence-corrected chi connectivity index (χ2v) is 10.5. The highest BCUT2D eigenvalue weighted by molar-refractivity contribution is 7.12. The van der Waals surface area contributed by atoms with Gasteiger partial charge in [0.2, 0.25) is 5.91 Å². The molecule has 6 nitrogen and oxygen atoms in total. The maximum Gasteiger partial charge on any atom is 0.262 e. The molecule has 1 aliphatic rings. The average Bonchev–Trinajstić information content (AvgIpc) is 3.43. The van der Waals surface area contributed by atoms with Gasteiger partial charge in [-0.15, -0.1) is 22.7 Å². The maximum absolute atomic E-state index is 13.3. The third-order valence-corrected chi connectivity index (χ3v) is 6.66. The van der Waals surface area contributed by atoms with E-state index >= 15 is 0 Å². The highest BCUT2D eigenvalue weighted by Crippen LogP contribution is 2.36. The molecule has 0 saturated carbocycles. The SMILES string of the molecule is COCCN(CC(=O)N1N=C(c2cccs2)C[C@@H]1c1cccs1)C(=O)CC(C)(C)C. The fourth-order valence-corrected chi connectivity index (χ4v) is 4.86. The van der Waals surface area contributed by atoms with E-state index in [1.807, 2.05) is 55.8 Å². The van der Waals surface area contributed by atoms with Crippen LogP contribution in [0.3, 0.4) is 0 Å². The Bertz CT molecular complexity index is 870. The zero-order valence-electron chi connectivity index (χ0n) is 18.0. The summed E-state index contributed by atoms with van der Waals surface area (Å²) in [6, 6.07) is 7.92. The van der Waals surface area contributed by atoms with E-state index in [1.54, 1.807) is 39.7 Å². The van der Waals surface area contributed by atoms with E-state index in [2.05, 4.69) is 5.10 Å². The van der Waals surface area contributed by atoms with Gasteiger partial charge in [0.05, 0.1) is 23.2 Å². The molecule has 1 atom stereocenters. The predicted molar refractivity (Wildman–Crippen MR) is 122 cm³/mol. The van der Waals surface area contributed by atoms with Crippen molar-refractivity contribution in [2.75, 3.05) is 26.8 Å². The fourth-order valence-electron chi connectivity index (χ4n) is 3.33. The van der Waals surface area contributed by atoms with Crippen LogP contribution in [0.1, 0.15) is 49.4 Å². The predicted octanol–water partition coefficient (Wildman–Crippen LogP) is 4.40. The summed E-state index contributed by atoms with van der Waals surface area (Å²) in [5.74, 6) is -0.208. The number of ether oxygens (including phenoxy) is 1. The van der Waals surface area contributed by atoms with E-state index in [0.29, 0.717) is 26.0 Å². The van der Waals surface area contributed by atoms with E-state index in [9.17, 15) is 9.59 Å². The third kappa shape index (κ3) is 5.77. The van der Waals surface area contributed by atoms with Gasteiger partial charge >= 0.3 is 0 Å². The van der Waals surface area contributed by atoms with Gasteiger partial charge in [-0.05, 0) is 28.3 Å². The fraction of sp³-hybridized carbons (Fsp3) is 0.500. The van der Waals surface area contributed by atoms with Gasteiger partial charge in [0.25, 0.3) is 5.91 Å². The van der Waals surface area contributed by atoms with E-state index in [1.165, 1.54) is 0 Å². The Morgan fingerprint density at radius 3 is 2.57 bits per heavy atom. The lowest BCUT2D eigenvalue weighted by molar-refractivity contribution is -0.143. The molecule has 0 saturated heterocycles. The van der Waals surface area contributed by atoms with Crippen molar-refractivity contribution in [3.05, 3.63) is 44.8 Å². The number of carbonyl (C=O) groups is 2. The molecule has 8 heteroatoms. The second-order valence-electron chi connectivity index (χ2n) is 8.54. The molecule has 0 N–H and O–H groups in total. The number of hydrogen-bond donors (Lipinski definition) is 0. The van der Waals surface area contributed by atoms with Crippen molar-refractivity contribution in [1.82, 2.24) is 9.91 Å². The van der Waals surface area contributed by atoms with Gasteiger partial charge in [-0.2, -0.15) is 5.10 Å². The Kier molecular flexibility index (Phi) is 7.44. The van der Waals surface area contributed by atoms with E-state index in [4.69, 9.17) is 4.74 Å². The molecule has 0 fully saturated rings. The van der Waals surface area contributed by atoms with E-state index < -0.39 is 0 Å². The van der Waals surface area contributed by atoms with Crippen LogP contribution < -0.4 is 0 Å². The number of methoxy groups -OCH3 is 1. The van der Waals surface area contributed by atoms with Gasteiger partial charge in [0, 0.05) is 31.4 Å². The minimum atomic E-state index is -0.168. The molecule has 162 valence electrons. The molecule has 0 unspecified atom stereocenters. The molecule has 0 bridgehead atoms. The Labute approximate surface area is 186 Å². The van der Waals surface area contributed by atoms with Gasteiger partial charge in [-0.3, -0.25) is 9.59 Å². The van der Waals surface area contributed by atoms with Crippen molar-refractivity contribution in [3.63, 3.8) is 0 Å². The van der Waals surface area contributed by atoms with Crippen LogP contribution in [0.4, 0.5) is 0 Å². The Morgan fingerprint density at radius 1 is 1.23 bits per heavy atom. The summed E-state index contributed by atoms with van der Waals surface area (Å²) in [4.78, 5) is 29.9. The van der Waals surface area contributed by atoms with E-state index in [0.717, 1.165) is 15.5 Å². The highest BCUT2D eigenvalue weighted by Gasteiger charge is 2.35.